The summed E-state index contributed by atoms with van der Waals surface area (Å²) in [5.74, 6) is -0.255. The first-order valence-electron chi connectivity index (χ1n) is 7.89. The van der Waals surface area contributed by atoms with Gasteiger partial charge in [-0.25, -0.2) is 4.99 Å². The fourth-order valence-electron chi connectivity index (χ4n) is 2.65. The van der Waals surface area contributed by atoms with Gasteiger partial charge in [-0.05, 0) is 24.0 Å². The molecule has 1 aliphatic rings. The highest BCUT2D eigenvalue weighted by Gasteiger charge is 2.15. The van der Waals surface area contributed by atoms with Crippen LogP contribution in [-0.2, 0) is 17.8 Å². The lowest BCUT2D eigenvalue weighted by atomic mass is 10.00. The molecule has 23 heavy (non-hydrogen) atoms. The van der Waals surface area contributed by atoms with E-state index in [-0.39, 0.29) is 11.6 Å². The van der Waals surface area contributed by atoms with Crippen molar-refractivity contribution in [1.29, 1.82) is 0 Å². The third-order valence-electron chi connectivity index (χ3n) is 3.86. The zero-order chi connectivity index (χ0) is 16.5. The summed E-state index contributed by atoms with van der Waals surface area (Å²) in [7, 11) is 0. The number of fused-ring (bicyclic) bond motifs is 1. The molecular formula is C18H24N4O. The van der Waals surface area contributed by atoms with E-state index in [0.29, 0.717) is 6.54 Å². The average molecular weight is 312 g/mol. The second-order valence-corrected chi connectivity index (χ2v) is 5.47. The Morgan fingerprint density at radius 3 is 2.91 bits per heavy atom. The molecule has 5 nitrogen and oxygen atoms in total. The number of amides is 1. The van der Waals surface area contributed by atoms with Crippen LogP contribution in [0.25, 0.3) is 0 Å². The Labute approximate surface area is 137 Å². The Balaban J connectivity index is 1.71. The third-order valence-corrected chi connectivity index (χ3v) is 3.86. The molecule has 3 N–H and O–H groups in total. The van der Waals surface area contributed by atoms with Gasteiger partial charge in [0.05, 0.1) is 0 Å². The predicted molar refractivity (Wildman–Crippen MR) is 94.0 cm³/mol. The van der Waals surface area contributed by atoms with E-state index in [4.69, 9.17) is 5.73 Å². The van der Waals surface area contributed by atoms with Crippen molar-refractivity contribution in [1.82, 2.24) is 10.2 Å². The van der Waals surface area contributed by atoms with E-state index in [1.807, 2.05) is 0 Å². The van der Waals surface area contributed by atoms with Gasteiger partial charge in [-0.2, -0.15) is 0 Å². The van der Waals surface area contributed by atoms with Gasteiger partial charge in [0, 0.05) is 38.6 Å². The van der Waals surface area contributed by atoms with Gasteiger partial charge in [0.15, 0.2) is 0 Å². The van der Waals surface area contributed by atoms with Gasteiger partial charge < -0.3 is 11.1 Å². The average Bonchev–Trinajstić information content (AvgIpc) is 2.59. The summed E-state index contributed by atoms with van der Waals surface area (Å²) in [5.41, 5.74) is 8.47. The highest BCUT2D eigenvalue weighted by atomic mass is 16.2. The highest BCUT2D eigenvalue weighted by Crippen LogP contribution is 2.18. The molecule has 0 saturated carbocycles. The number of carbonyl (C=O) groups is 1. The molecule has 2 rings (SSSR count). The van der Waals surface area contributed by atoms with Crippen molar-refractivity contribution < 1.29 is 4.79 Å². The highest BCUT2D eigenvalue weighted by molar-refractivity contribution is 5.94. The van der Waals surface area contributed by atoms with Crippen molar-refractivity contribution in [2.45, 2.75) is 19.4 Å². The Hall–Kier alpha value is -2.40. The minimum atomic E-state index is -0.255. The summed E-state index contributed by atoms with van der Waals surface area (Å²) in [6.07, 6.45) is 6.15. The molecule has 1 aromatic rings. The van der Waals surface area contributed by atoms with Crippen molar-refractivity contribution >= 4 is 12.1 Å². The molecule has 0 aromatic heterocycles. The molecule has 0 aliphatic carbocycles. The standard InChI is InChI=1S/C18H24N4O/c1-2-9-20-17(13-19)18(23)21-10-5-11-22-12-8-15-6-3-4-7-16(15)14-22/h2-4,6-7,9,13H,1,5,8,10-12,14,19H2,(H,21,23)/b17-13-,20-9-. The zero-order valence-corrected chi connectivity index (χ0v) is 13.4. The molecule has 0 fully saturated rings. The Bertz CT molecular complexity index is 607. The SMILES string of the molecule is C=C/C=N\C(=C/N)C(=O)NCCCN1CCc2ccccc2C1. The predicted octanol–water partition coefficient (Wildman–Crippen LogP) is 1.61. The summed E-state index contributed by atoms with van der Waals surface area (Å²) in [6, 6.07) is 8.59. The first-order valence-corrected chi connectivity index (χ1v) is 7.89. The number of rotatable bonds is 7. The number of nitrogens with two attached hydrogens (primary N) is 1. The Morgan fingerprint density at radius 1 is 1.39 bits per heavy atom. The van der Waals surface area contributed by atoms with Crippen LogP contribution in [0.1, 0.15) is 17.5 Å². The molecule has 122 valence electrons. The van der Waals surface area contributed by atoms with Crippen LogP contribution in [0.15, 0.2) is 53.8 Å². The smallest absolute Gasteiger partial charge is 0.271 e. The van der Waals surface area contributed by atoms with Crippen molar-refractivity contribution in [2.24, 2.45) is 10.7 Å². The molecule has 0 saturated heterocycles. The molecule has 1 amide bonds. The third kappa shape index (κ3) is 5.07. The van der Waals surface area contributed by atoms with Crippen LogP contribution >= 0.6 is 0 Å². The summed E-state index contributed by atoms with van der Waals surface area (Å²) in [4.78, 5) is 18.2. The second-order valence-electron chi connectivity index (χ2n) is 5.47. The number of carbonyl (C=O) groups excluding carboxylic acids is 1. The summed E-state index contributed by atoms with van der Waals surface area (Å²) >= 11 is 0. The lowest BCUT2D eigenvalue weighted by Gasteiger charge is -2.28. The number of benzene rings is 1. The fourth-order valence-corrected chi connectivity index (χ4v) is 2.65. The van der Waals surface area contributed by atoms with Crippen molar-refractivity contribution in [3.8, 4) is 0 Å². The number of aliphatic imine (C=N–C) groups is 1. The second kappa shape index (κ2) is 8.90. The molecule has 0 unspecified atom stereocenters. The number of hydrogen-bond donors (Lipinski definition) is 2. The quantitative estimate of drug-likeness (QED) is 0.456. The fraction of sp³-hybridized carbons (Fsp3) is 0.333. The van der Waals surface area contributed by atoms with E-state index in [1.165, 1.54) is 29.6 Å². The van der Waals surface area contributed by atoms with E-state index in [2.05, 4.69) is 46.1 Å². The maximum Gasteiger partial charge on any atom is 0.271 e. The van der Waals surface area contributed by atoms with E-state index < -0.39 is 0 Å². The number of allylic oxidation sites excluding steroid dienone is 1. The maximum absolute atomic E-state index is 11.9. The topological polar surface area (TPSA) is 70.7 Å². The van der Waals surface area contributed by atoms with Crippen LogP contribution in [0.4, 0.5) is 0 Å². The first kappa shape index (κ1) is 17.0. The number of hydrogen-bond acceptors (Lipinski definition) is 4. The Morgan fingerprint density at radius 2 is 2.17 bits per heavy atom. The van der Waals surface area contributed by atoms with Gasteiger partial charge in [0.1, 0.15) is 5.70 Å². The minimum Gasteiger partial charge on any atom is -0.403 e. The molecule has 0 radical (unpaired) electrons. The lowest BCUT2D eigenvalue weighted by molar-refractivity contribution is -0.117. The first-order chi connectivity index (χ1) is 11.2. The van der Waals surface area contributed by atoms with Gasteiger partial charge >= 0.3 is 0 Å². The zero-order valence-electron chi connectivity index (χ0n) is 13.4. The summed E-state index contributed by atoms with van der Waals surface area (Å²) < 4.78 is 0. The monoisotopic (exact) mass is 312 g/mol. The van der Waals surface area contributed by atoms with E-state index in [0.717, 1.165) is 32.5 Å². The molecule has 1 aliphatic heterocycles. The minimum absolute atomic E-state index is 0.205. The lowest BCUT2D eigenvalue weighted by Crippen LogP contribution is -2.34. The largest absolute Gasteiger partial charge is 0.403 e. The molecule has 0 atom stereocenters. The van der Waals surface area contributed by atoms with E-state index in [1.54, 1.807) is 0 Å². The van der Waals surface area contributed by atoms with Crippen LogP contribution in [-0.4, -0.2) is 36.7 Å². The molecule has 0 bridgehead atoms. The maximum atomic E-state index is 11.9. The van der Waals surface area contributed by atoms with E-state index in [9.17, 15) is 4.79 Å². The molecule has 0 spiro atoms. The van der Waals surface area contributed by atoms with Crippen molar-refractivity contribution in [2.75, 3.05) is 19.6 Å². The molecule has 5 heteroatoms. The van der Waals surface area contributed by atoms with Crippen LogP contribution in [0.2, 0.25) is 0 Å². The number of nitrogens with one attached hydrogen (secondary N) is 1. The van der Waals surface area contributed by atoms with Crippen molar-refractivity contribution in [3.63, 3.8) is 0 Å². The van der Waals surface area contributed by atoms with E-state index >= 15 is 0 Å². The summed E-state index contributed by atoms with van der Waals surface area (Å²) in [5, 5.41) is 2.84. The molecular weight excluding hydrogens is 288 g/mol. The van der Waals surface area contributed by atoms with Crippen LogP contribution in [0.3, 0.4) is 0 Å². The molecule has 1 aromatic carbocycles. The van der Waals surface area contributed by atoms with Gasteiger partial charge in [0.2, 0.25) is 0 Å². The number of nitrogens with zero attached hydrogens (tertiary/aromatic N) is 2. The van der Waals surface area contributed by atoms with Gasteiger partial charge in [-0.3, -0.25) is 9.69 Å². The van der Waals surface area contributed by atoms with Crippen LogP contribution in [0.5, 0.6) is 0 Å². The van der Waals surface area contributed by atoms with Gasteiger partial charge in [0.25, 0.3) is 5.91 Å². The Kier molecular flexibility index (Phi) is 6.56. The van der Waals surface area contributed by atoms with Crippen LogP contribution in [0, 0.1) is 0 Å². The molecule has 1 heterocycles. The van der Waals surface area contributed by atoms with Gasteiger partial charge in [-0.1, -0.05) is 36.9 Å². The normalized spacial score (nSPS) is 15.4. The summed E-state index contributed by atoms with van der Waals surface area (Å²) in [6.45, 7) is 7.15. The van der Waals surface area contributed by atoms with Crippen molar-refractivity contribution in [3.05, 3.63) is 59.9 Å². The van der Waals surface area contributed by atoms with Crippen LogP contribution < -0.4 is 11.1 Å². The van der Waals surface area contributed by atoms with Gasteiger partial charge in [-0.15, -0.1) is 0 Å².